The second-order valence-corrected chi connectivity index (χ2v) is 3.43. The highest BCUT2D eigenvalue weighted by molar-refractivity contribution is 4.76. The Bertz CT molecular complexity index is 102. The lowest BCUT2D eigenvalue weighted by atomic mass is 10.1. The number of nitrogens with zero attached hydrogens (tertiary/aromatic N) is 1. The molecule has 0 aromatic rings. The van der Waals surface area contributed by atoms with Gasteiger partial charge in [0, 0.05) is 12.6 Å². The minimum atomic E-state index is 0.746. The smallest absolute Gasteiger partial charge is 0.0192 e. The van der Waals surface area contributed by atoms with E-state index in [9.17, 15) is 0 Å². The van der Waals surface area contributed by atoms with E-state index in [1.165, 1.54) is 38.9 Å². The Morgan fingerprint density at radius 3 is 3.00 bits per heavy atom. The summed E-state index contributed by atoms with van der Waals surface area (Å²) in [5.74, 6) is 0. The summed E-state index contributed by atoms with van der Waals surface area (Å²) in [5.41, 5.74) is 0. The van der Waals surface area contributed by atoms with Crippen molar-refractivity contribution in [2.45, 2.75) is 32.2 Å². The highest BCUT2D eigenvalue weighted by atomic mass is 15.2. The number of piperidine rings is 1. The third-order valence-corrected chi connectivity index (χ3v) is 2.45. The molecule has 0 amide bonds. The van der Waals surface area contributed by atoms with Gasteiger partial charge >= 0.3 is 0 Å². The van der Waals surface area contributed by atoms with Gasteiger partial charge in [-0.15, -0.1) is 0 Å². The molecule has 1 rings (SSSR count). The van der Waals surface area contributed by atoms with Crippen molar-refractivity contribution < 1.29 is 0 Å². The quantitative estimate of drug-likeness (QED) is 0.658. The number of nitrogens with one attached hydrogen (secondary N) is 1. The summed E-state index contributed by atoms with van der Waals surface area (Å²) < 4.78 is 0. The van der Waals surface area contributed by atoms with E-state index in [1.807, 2.05) is 0 Å². The molecule has 1 atom stereocenters. The van der Waals surface area contributed by atoms with Crippen molar-refractivity contribution in [1.29, 1.82) is 0 Å². The lowest BCUT2D eigenvalue weighted by molar-refractivity contribution is 0.195. The maximum absolute atomic E-state index is 3.35. The number of hydrogen-bond donors (Lipinski definition) is 1. The zero-order chi connectivity index (χ0) is 8.10. The molecule has 1 N–H and O–H groups in total. The highest BCUT2D eigenvalue weighted by Crippen LogP contribution is 2.09. The second-order valence-electron chi connectivity index (χ2n) is 3.43. The zero-order valence-corrected chi connectivity index (χ0v) is 7.77. The molecule has 0 radical (unpaired) electrons. The predicted molar refractivity (Wildman–Crippen MR) is 48.8 cm³/mol. The lowest BCUT2D eigenvalue weighted by Gasteiger charge is -2.32. The normalized spacial score (nSPS) is 27.3. The molecular formula is C9H20N2. The molecule has 0 spiro atoms. The van der Waals surface area contributed by atoms with Crippen molar-refractivity contribution in [2.24, 2.45) is 0 Å². The topological polar surface area (TPSA) is 15.3 Å². The van der Waals surface area contributed by atoms with Crippen molar-refractivity contribution in [3.63, 3.8) is 0 Å². The third-order valence-electron chi connectivity index (χ3n) is 2.45. The molecule has 0 aromatic carbocycles. The van der Waals surface area contributed by atoms with Crippen LogP contribution in [0.4, 0.5) is 0 Å². The Hall–Kier alpha value is -0.0800. The standard InChI is InChI=1S/C9H20N2/c1-3-6-11-7-4-5-9(8-11)10-2/h9-10H,3-8H2,1-2H3/t9-/m0/s1. The van der Waals surface area contributed by atoms with Crippen LogP contribution in [0.25, 0.3) is 0 Å². The summed E-state index contributed by atoms with van der Waals surface area (Å²) in [6.07, 6.45) is 4.01. The van der Waals surface area contributed by atoms with Crippen molar-refractivity contribution in [3.05, 3.63) is 0 Å². The Labute approximate surface area is 70.0 Å². The van der Waals surface area contributed by atoms with Crippen LogP contribution < -0.4 is 5.32 Å². The molecule has 66 valence electrons. The summed E-state index contributed by atoms with van der Waals surface area (Å²) in [4.78, 5) is 2.56. The van der Waals surface area contributed by atoms with Gasteiger partial charge in [0.1, 0.15) is 0 Å². The molecule has 0 aliphatic carbocycles. The van der Waals surface area contributed by atoms with Crippen LogP contribution in [0.2, 0.25) is 0 Å². The van der Waals surface area contributed by atoms with Gasteiger partial charge in [-0.1, -0.05) is 6.92 Å². The van der Waals surface area contributed by atoms with Crippen LogP contribution in [0, 0.1) is 0 Å². The van der Waals surface area contributed by atoms with Crippen LogP contribution in [0.5, 0.6) is 0 Å². The second kappa shape index (κ2) is 4.73. The van der Waals surface area contributed by atoms with Crippen molar-refractivity contribution in [1.82, 2.24) is 10.2 Å². The van der Waals surface area contributed by atoms with Gasteiger partial charge in [-0.2, -0.15) is 0 Å². The maximum atomic E-state index is 3.35. The van der Waals surface area contributed by atoms with E-state index in [0.717, 1.165) is 6.04 Å². The van der Waals surface area contributed by atoms with Gasteiger partial charge in [0.15, 0.2) is 0 Å². The molecular weight excluding hydrogens is 136 g/mol. The van der Waals surface area contributed by atoms with E-state index >= 15 is 0 Å². The van der Waals surface area contributed by atoms with Crippen LogP contribution in [-0.4, -0.2) is 37.6 Å². The van der Waals surface area contributed by atoms with Gasteiger partial charge in [0.05, 0.1) is 0 Å². The van der Waals surface area contributed by atoms with E-state index < -0.39 is 0 Å². The number of hydrogen-bond acceptors (Lipinski definition) is 2. The van der Waals surface area contributed by atoms with E-state index in [2.05, 4.69) is 24.2 Å². The van der Waals surface area contributed by atoms with Gasteiger partial charge < -0.3 is 10.2 Å². The molecule has 2 nitrogen and oxygen atoms in total. The first kappa shape index (κ1) is 9.01. The minimum Gasteiger partial charge on any atom is -0.316 e. The molecule has 0 bridgehead atoms. The van der Waals surface area contributed by atoms with Gasteiger partial charge in [-0.05, 0) is 39.4 Å². The van der Waals surface area contributed by atoms with Crippen LogP contribution in [0.15, 0.2) is 0 Å². The first-order chi connectivity index (χ1) is 5.36. The van der Waals surface area contributed by atoms with Crippen LogP contribution in [-0.2, 0) is 0 Å². The minimum absolute atomic E-state index is 0.746. The van der Waals surface area contributed by atoms with E-state index in [4.69, 9.17) is 0 Å². The highest BCUT2D eigenvalue weighted by Gasteiger charge is 2.16. The molecule has 0 aromatic heterocycles. The Kier molecular flexibility index (Phi) is 3.87. The fourth-order valence-corrected chi connectivity index (χ4v) is 1.81. The average Bonchev–Trinajstić information content (AvgIpc) is 2.06. The van der Waals surface area contributed by atoms with Crippen molar-refractivity contribution in [2.75, 3.05) is 26.7 Å². The van der Waals surface area contributed by atoms with Crippen LogP contribution in [0.3, 0.4) is 0 Å². The van der Waals surface area contributed by atoms with E-state index in [0.29, 0.717) is 0 Å². The SMILES string of the molecule is CCCN1CCC[C@H](NC)C1. The summed E-state index contributed by atoms with van der Waals surface area (Å²) in [5, 5.41) is 3.35. The molecule has 1 aliphatic rings. The number of likely N-dealkylation sites (N-methyl/N-ethyl adjacent to an activating group) is 1. The van der Waals surface area contributed by atoms with Gasteiger partial charge in [0.25, 0.3) is 0 Å². The summed E-state index contributed by atoms with van der Waals surface area (Å²) in [7, 11) is 2.07. The lowest BCUT2D eigenvalue weighted by Crippen LogP contribution is -2.44. The molecule has 11 heavy (non-hydrogen) atoms. The molecule has 1 fully saturated rings. The number of rotatable bonds is 3. The zero-order valence-electron chi connectivity index (χ0n) is 7.77. The third kappa shape index (κ3) is 2.80. The molecule has 0 saturated carbocycles. The molecule has 2 heteroatoms. The first-order valence-corrected chi connectivity index (χ1v) is 4.76. The number of likely N-dealkylation sites (tertiary alicyclic amines) is 1. The molecule has 0 unspecified atom stereocenters. The van der Waals surface area contributed by atoms with Crippen LogP contribution >= 0.6 is 0 Å². The Balaban J connectivity index is 2.21. The average molecular weight is 156 g/mol. The summed E-state index contributed by atoms with van der Waals surface area (Å²) in [6.45, 7) is 6.09. The molecule has 1 aliphatic heterocycles. The fraction of sp³-hybridized carbons (Fsp3) is 1.00. The monoisotopic (exact) mass is 156 g/mol. The van der Waals surface area contributed by atoms with Gasteiger partial charge in [0.2, 0.25) is 0 Å². The fourth-order valence-electron chi connectivity index (χ4n) is 1.81. The first-order valence-electron chi connectivity index (χ1n) is 4.76. The van der Waals surface area contributed by atoms with E-state index in [1.54, 1.807) is 0 Å². The van der Waals surface area contributed by atoms with Crippen molar-refractivity contribution in [3.8, 4) is 0 Å². The Morgan fingerprint density at radius 1 is 1.55 bits per heavy atom. The largest absolute Gasteiger partial charge is 0.316 e. The maximum Gasteiger partial charge on any atom is 0.0192 e. The van der Waals surface area contributed by atoms with Gasteiger partial charge in [-0.25, -0.2) is 0 Å². The van der Waals surface area contributed by atoms with E-state index in [-0.39, 0.29) is 0 Å². The van der Waals surface area contributed by atoms with Gasteiger partial charge in [-0.3, -0.25) is 0 Å². The predicted octanol–water partition coefficient (Wildman–Crippen LogP) is 1.08. The van der Waals surface area contributed by atoms with Crippen LogP contribution in [0.1, 0.15) is 26.2 Å². The Morgan fingerprint density at radius 2 is 2.36 bits per heavy atom. The molecule has 1 saturated heterocycles. The summed E-state index contributed by atoms with van der Waals surface area (Å²) in [6, 6.07) is 0.746. The summed E-state index contributed by atoms with van der Waals surface area (Å²) >= 11 is 0. The van der Waals surface area contributed by atoms with Crippen molar-refractivity contribution >= 4 is 0 Å². The molecule has 1 heterocycles.